The van der Waals surface area contributed by atoms with Crippen LogP contribution in [-0.4, -0.2) is 32.6 Å². The number of nitrogens with zero attached hydrogens (tertiary/aromatic N) is 4. The summed E-state index contributed by atoms with van der Waals surface area (Å²) < 4.78 is 28.3. The summed E-state index contributed by atoms with van der Waals surface area (Å²) in [5, 5.41) is 11.4. The molecule has 0 spiro atoms. The van der Waals surface area contributed by atoms with E-state index in [1.165, 1.54) is 10.2 Å². The standard InChI is InChI=1S/C28H22ClN7O2S/c29-24-16-31-28(32-26-15-20(34-35-26)14-18-10-12-19(30)13-11-18)33-27(24)23-17-36(25-9-5-4-8-22(23)25)39(37,38)21-6-2-1-3-7-21/h1-13,15-17H,14,30H2,(H2,31,32,33,34,35). The highest BCUT2D eigenvalue weighted by Crippen LogP contribution is 2.36. The lowest BCUT2D eigenvalue weighted by molar-refractivity contribution is 0.589. The normalized spacial score (nSPS) is 11.6. The van der Waals surface area contributed by atoms with E-state index in [1.807, 2.05) is 42.5 Å². The maximum atomic E-state index is 13.5. The maximum absolute atomic E-state index is 13.5. The minimum absolute atomic E-state index is 0.183. The number of nitrogens with one attached hydrogen (secondary N) is 2. The summed E-state index contributed by atoms with van der Waals surface area (Å²) in [6.07, 6.45) is 3.65. The summed E-state index contributed by atoms with van der Waals surface area (Å²) in [6.45, 7) is 0. The number of hydrogen-bond donors (Lipinski definition) is 3. The number of benzene rings is 3. The number of nitrogen functional groups attached to an aromatic ring is 1. The van der Waals surface area contributed by atoms with Crippen molar-refractivity contribution in [2.45, 2.75) is 11.3 Å². The quantitative estimate of drug-likeness (QED) is 0.217. The molecule has 4 N–H and O–H groups in total. The summed E-state index contributed by atoms with van der Waals surface area (Å²) in [7, 11) is -3.86. The second-order valence-electron chi connectivity index (χ2n) is 8.88. The molecule has 11 heteroatoms. The van der Waals surface area contributed by atoms with E-state index >= 15 is 0 Å². The lowest BCUT2D eigenvalue weighted by atomic mass is 10.1. The third-order valence-electron chi connectivity index (χ3n) is 6.22. The first-order valence-corrected chi connectivity index (χ1v) is 13.8. The summed E-state index contributed by atoms with van der Waals surface area (Å²) in [4.78, 5) is 9.12. The molecule has 0 fully saturated rings. The number of nitrogens with two attached hydrogens (primary N) is 1. The van der Waals surface area contributed by atoms with E-state index in [1.54, 1.807) is 48.7 Å². The Bertz CT molecular complexity index is 1900. The van der Waals surface area contributed by atoms with Gasteiger partial charge in [0.15, 0.2) is 0 Å². The van der Waals surface area contributed by atoms with Crippen molar-refractivity contribution in [3.8, 4) is 11.3 Å². The molecule has 0 aliphatic rings. The predicted molar refractivity (Wildman–Crippen MR) is 153 cm³/mol. The highest BCUT2D eigenvalue weighted by Gasteiger charge is 2.23. The Morgan fingerprint density at radius 2 is 1.72 bits per heavy atom. The fourth-order valence-electron chi connectivity index (χ4n) is 4.34. The number of aromatic amines is 1. The molecule has 0 bridgehead atoms. The number of hydrogen-bond acceptors (Lipinski definition) is 7. The first-order chi connectivity index (χ1) is 18.9. The summed E-state index contributed by atoms with van der Waals surface area (Å²) >= 11 is 6.54. The first kappa shape index (κ1) is 24.7. The Hall–Kier alpha value is -4.67. The van der Waals surface area contributed by atoms with Crippen LogP contribution < -0.4 is 11.1 Å². The van der Waals surface area contributed by atoms with E-state index in [4.69, 9.17) is 17.3 Å². The molecule has 194 valence electrons. The van der Waals surface area contributed by atoms with Gasteiger partial charge in [-0.05, 0) is 35.9 Å². The number of anilines is 3. The number of halogens is 1. The van der Waals surface area contributed by atoms with Crippen LogP contribution in [0.1, 0.15) is 11.3 Å². The van der Waals surface area contributed by atoms with Crippen molar-refractivity contribution in [3.05, 3.63) is 114 Å². The maximum Gasteiger partial charge on any atom is 0.268 e. The fourth-order valence-corrected chi connectivity index (χ4v) is 5.93. The molecule has 39 heavy (non-hydrogen) atoms. The summed E-state index contributed by atoms with van der Waals surface area (Å²) in [5.41, 5.74) is 9.86. The zero-order valence-electron chi connectivity index (χ0n) is 20.4. The van der Waals surface area contributed by atoms with Crippen molar-refractivity contribution in [2.24, 2.45) is 0 Å². The van der Waals surface area contributed by atoms with Gasteiger partial charge in [-0.1, -0.05) is 60.1 Å². The van der Waals surface area contributed by atoms with Crippen molar-refractivity contribution in [1.82, 2.24) is 24.1 Å². The van der Waals surface area contributed by atoms with Crippen LogP contribution in [0.4, 0.5) is 17.5 Å². The monoisotopic (exact) mass is 555 g/mol. The van der Waals surface area contributed by atoms with E-state index in [2.05, 4.69) is 25.5 Å². The van der Waals surface area contributed by atoms with Gasteiger partial charge in [0.25, 0.3) is 10.0 Å². The Morgan fingerprint density at radius 3 is 2.51 bits per heavy atom. The van der Waals surface area contributed by atoms with E-state index in [0.29, 0.717) is 40.1 Å². The molecule has 6 aromatic rings. The number of para-hydroxylation sites is 1. The third-order valence-corrected chi connectivity index (χ3v) is 8.18. The van der Waals surface area contributed by atoms with Gasteiger partial charge in [-0.15, -0.1) is 0 Å². The molecule has 0 amide bonds. The van der Waals surface area contributed by atoms with E-state index < -0.39 is 10.0 Å². The van der Waals surface area contributed by atoms with Crippen LogP contribution >= 0.6 is 11.6 Å². The lowest BCUT2D eigenvalue weighted by Gasteiger charge is -2.07. The topological polar surface area (TPSA) is 132 Å². The molecule has 0 aliphatic heterocycles. The van der Waals surface area contributed by atoms with Crippen LogP contribution in [0.25, 0.3) is 22.2 Å². The second kappa shape index (κ2) is 9.90. The number of H-pyrrole nitrogens is 1. The average Bonchev–Trinajstić information content (AvgIpc) is 3.56. The van der Waals surface area contributed by atoms with Gasteiger partial charge in [0.05, 0.1) is 33.0 Å². The Morgan fingerprint density at radius 1 is 0.974 bits per heavy atom. The highest BCUT2D eigenvalue weighted by atomic mass is 35.5. The van der Waals surface area contributed by atoms with Gasteiger partial charge >= 0.3 is 0 Å². The van der Waals surface area contributed by atoms with E-state index in [9.17, 15) is 8.42 Å². The van der Waals surface area contributed by atoms with Crippen LogP contribution in [-0.2, 0) is 16.4 Å². The van der Waals surface area contributed by atoms with Crippen LogP contribution in [0.15, 0.2) is 102 Å². The number of rotatable bonds is 7. The smallest absolute Gasteiger partial charge is 0.268 e. The first-order valence-electron chi connectivity index (χ1n) is 12.0. The minimum atomic E-state index is -3.86. The molecule has 0 atom stereocenters. The highest BCUT2D eigenvalue weighted by molar-refractivity contribution is 7.90. The van der Waals surface area contributed by atoms with Crippen LogP contribution in [0.3, 0.4) is 0 Å². The van der Waals surface area contributed by atoms with Crippen molar-refractivity contribution >= 4 is 50.0 Å². The molecule has 3 aromatic carbocycles. The summed E-state index contributed by atoms with van der Waals surface area (Å²) in [5.74, 6) is 0.877. The predicted octanol–water partition coefficient (Wildman–Crippen LogP) is 5.63. The second-order valence-corrected chi connectivity index (χ2v) is 11.1. The van der Waals surface area contributed by atoms with Gasteiger partial charge < -0.3 is 11.1 Å². The Kier molecular flexibility index (Phi) is 6.26. The Labute approximate surface area is 229 Å². The molecule has 0 aliphatic carbocycles. The van der Waals surface area contributed by atoms with Crippen molar-refractivity contribution in [1.29, 1.82) is 0 Å². The van der Waals surface area contributed by atoms with Crippen LogP contribution in [0, 0.1) is 0 Å². The van der Waals surface area contributed by atoms with Crippen LogP contribution in [0.2, 0.25) is 5.02 Å². The van der Waals surface area contributed by atoms with Gasteiger partial charge in [-0.3, -0.25) is 5.10 Å². The summed E-state index contributed by atoms with van der Waals surface area (Å²) in [6, 6.07) is 25.0. The lowest BCUT2D eigenvalue weighted by Crippen LogP contribution is -2.11. The molecular weight excluding hydrogens is 534 g/mol. The average molecular weight is 556 g/mol. The Balaban J connectivity index is 1.34. The SMILES string of the molecule is Nc1ccc(Cc2cc(Nc3ncc(Cl)c(-c4cn(S(=O)(=O)c5ccccc5)c5ccccc45)n3)[nH]n2)cc1. The van der Waals surface area contributed by atoms with Crippen molar-refractivity contribution in [2.75, 3.05) is 11.1 Å². The molecule has 0 radical (unpaired) electrons. The van der Waals surface area contributed by atoms with E-state index in [-0.39, 0.29) is 15.9 Å². The molecule has 9 nitrogen and oxygen atoms in total. The molecule has 0 saturated heterocycles. The molecule has 0 unspecified atom stereocenters. The van der Waals surface area contributed by atoms with Gasteiger partial charge in [-0.2, -0.15) is 5.10 Å². The van der Waals surface area contributed by atoms with Crippen LogP contribution in [0.5, 0.6) is 0 Å². The largest absolute Gasteiger partial charge is 0.399 e. The molecule has 3 aromatic heterocycles. The molecule has 6 rings (SSSR count). The molecule has 3 heterocycles. The van der Waals surface area contributed by atoms with Gasteiger partial charge in [0.1, 0.15) is 5.82 Å². The van der Waals surface area contributed by atoms with Gasteiger partial charge in [0.2, 0.25) is 5.95 Å². The number of fused-ring (bicyclic) bond motifs is 1. The fraction of sp³-hybridized carbons (Fsp3) is 0.0357. The third kappa shape index (κ3) is 4.83. The number of aromatic nitrogens is 5. The van der Waals surface area contributed by atoms with Gasteiger partial charge in [0, 0.05) is 35.3 Å². The molecular formula is C28H22ClN7O2S. The molecule has 0 saturated carbocycles. The van der Waals surface area contributed by atoms with E-state index in [0.717, 1.165) is 11.3 Å². The zero-order chi connectivity index (χ0) is 27.0. The zero-order valence-corrected chi connectivity index (χ0v) is 22.0. The van der Waals surface area contributed by atoms with Crippen molar-refractivity contribution < 1.29 is 8.42 Å². The van der Waals surface area contributed by atoms with Gasteiger partial charge in [-0.25, -0.2) is 22.4 Å². The van der Waals surface area contributed by atoms with Crippen molar-refractivity contribution in [3.63, 3.8) is 0 Å². The minimum Gasteiger partial charge on any atom is -0.399 e.